The Hall–Kier alpha value is -2.08. The molecule has 1 amide bonds. The number of carbonyl (C=O) groups excluding carboxylic acids is 2. The average molecular weight is 307 g/mol. The zero-order chi connectivity index (χ0) is 16.3. The van der Waals surface area contributed by atoms with Crippen molar-refractivity contribution in [3.63, 3.8) is 0 Å². The minimum atomic E-state index is -0.708. The maximum Gasteiger partial charge on any atom is 0.342 e. The molecule has 22 heavy (non-hydrogen) atoms. The summed E-state index contributed by atoms with van der Waals surface area (Å²) in [6.45, 7) is 6.22. The second-order valence-corrected chi connectivity index (χ2v) is 5.65. The van der Waals surface area contributed by atoms with Crippen LogP contribution in [0.2, 0.25) is 0 Å². The van der Waals surface area contributed by atoms with E-state index in [0.717, 1.165) is 5.56 Å². The van der Waals surface area contributed by atoms with Crippen LogP contribution in [0.4, 0.5) is 0 Å². The molecule has 2 unspecified atom stereocenters. The second-order valence-electron chi connectivity index (χ2n) is 5.65. The Labute approximate surface area is 129 Å². The number of phenols is 1. The van der Waals surface area contributed by atoms with E-state index in [-0.39, 0.29) is 36.0 Å². The van der Waals surface area contributed by atoms with Gasteiger partial charge in [0, 0.05) is 13.1 Å². The molecule has 1 N–H and O–H groups in total. The molecular weight excluding hydrogens is 286 g/mol. The molecule has 0 saturated carbocycles. The highest BCUT2D eigenvalue weighted by atomic mass is 16.5. The summed E-state index contributed by atoms with van der Waals surface area (Å²) in [5.41, 5.74) is 0.892. The Balaban J connectivity index is 1.91. The van der Waals surface area contributed by atoms with Gasteiger partial charge in [-0.1, -0.05) is 6.07 Å². The maximum atomic E-state index is 12.1. The molecular formula is C16H21NO5. The monoisotopic (exact) mass is 307 g/mol. The van der Waals surface area contributed by atoms with Gasteiger partial charge in [-0.2, -0.15) is 0 Å². The summed E-state index contributed by atoms with van der Waals surface area (Å²) >= 11 is 0. The predicted octanol–water partition coefficient (Wildman–Crippen LogP) is 1.49. The van der Waals surface area contributed by atoms with E-state index in [9.17, 15) is 14.7 Å². The number of nitrogens with zero attached hydrogens (tertiary/aromatic N) is 1. The zero-order valence-electron chi connectivity index (χ0n) is 13.0. The highest BCUT2D eigenvalue weighted by molar-refractivity contribution is 5.93. The third-order valence-corrected chi connectivity index (χ3v) is 3.47. The van der Waals surface area contributed by atoms with Gasteiger partial charge < -0.3 is 19.5 Å². The normalized spacial score (nSPS) is 21.5. The summed E-state index contributed by atoms with van der Waals surface area (Å²) in [6, 6.07) is 4.66. The molecule has 1 aliphatic heterocycles. The summed E-state index contributed by atoms with van der Waals surface area (Å²) in [5, 5.41) is 9.73. The van der Waals surface area contributed by atoms with Crippen molar-refractivity contribution in [2.75, 3.05) is 19.7 Å². The van der Waals surface area contributed by atoms with Gasteiger partial charge in [0.15, 0.2) is 6.61 Å². The molecule has 1 fully saturated rings. The molecule has 0 spiro atoms. The lowest BCUT2D eigenvalue weighted by molar-refractivity contribution is -0.146. The third kappa shape index (κ3) is 3.98. The number of aryl methyl sites for hydroxylation is 1. The Morgan fingerprint density at radius 1 is 1.32 bits per heavy atom. The molecule has 6 nitrogen and oxygen atoms in total. The Morgan fingerprint density at radius 3 is 2.55 bits per heavy atom. The second kappa shape index (κ2) is 6.79. The van der Waals surface area contributed by atoms with Gasteiger partial charge >= 0.3 is 5.97 Å². The number of hydrogen-bond donors (Lipinski definition) is 1. The van der Waals surface area contributed by atoms with E-state index < -0.39 is 5.97 Å². The molecule has 0 aromatic heterocycles. The van der Waals surface area contributed by atoms with Crippen LogP contribution in [0, 0.1) is 6.92 Å². The van der Waals surface area contributed by atoms with Crippen molar-refractivity contribution >= 4 is 11.9 Å². The Morgan fingerprint density at radius 2 is 1.95 bits per heavy atom. The van der Waals surface area contributed by atoms with E-state index in [2.05, 4.69) is 0 Å². The summed E-state index contributed by atoms with van der Waals surface area (Å²) in [7, 11) is 0. The number of hydrogen-bond acceptors (Lipinski definition) is 5. The first-order chi connectivity index (χ1) is 10.4. The van der Waals surface area contributed by atoms with Crippen molar-refractivity contribution < 1.29 is 24.2 Å². The first-order valence-corrected chi connectivity index (χ1v) is 7.26. The van der Waals surface area contributed by atoms with Crippen molar-refractivity contribution in [2.24, 2.45) is 0 Å². The molecule has 1 saturated heterocycles. The van der Waals surface area contributed by atoms with E-state index in [1.165, 1.54) is 12.1 Å². The quantitative estimate of drug-likeness (QED) is 0.856. The third-order valence-electron chi connectivity index (χ3n) is 3.47. The van der Waals surface area contributed by atoms with Crippen molar-refractivity contribution in [1.82, 2.24) is 4.90 Å². The van der Waals surface area contributed by atoms with Gasteiger partial charge in [-0.15, -0.1) is 0 Å². The predicted molar refractivity (Wildman–Crippen MR) is 79.7 cm³/mol. The summed E-state index contributed by atoms with van der Waals surface area (Å²) in [5.74, 6) is -1.12. The lowest BCUT2D eigenvalue weighted by Gasteiger charge is -2.35. The van der Waals surface area contributed by atoms with Crippen LogP contribution >= 0.6 is 0 Å². The molecule has 2 atom stereocenters. The lowest BCUT2D eigenvalue weighted by atomic mass is 10.1. The fourth-order valence-electron chi connectivity index (χ4n) is 2.49. The van der Waals surface area contributed by atoms with Crippen molar-refractivity contribution in [2.45, 2.75) is 33.0 Å². The SMILES string of the molecule is Cc1ccc(C(=O)OCC(=O)N2CC(C)OC(C)C2)c(O)c1. The minimum absolute atomic E-state index is 0.0375. The number of benzene rings is 1. The topological polar surface area (TPSA) is 76.1 Å². The van der Waals surface area contributed by atoms with E-state index in [0.29, 0.717) is 13.1 Å². The molecule has 0 bridgehead atoms. The lowest BCUT2D eigenvalue weighted by Crippen LogP contribution is -2.49. The van der Waals surface area contributed by atoms with E-state index in [1.807, 2.05) is 13.8 Å². The number of phenolic OH excluding ortho intramolecular Hbond substituents is 1. The molecule has 1 aromatic carbocycles. The van der Waals surface area contributed by atoms with Gasteiger partial charge in [-0.3, -0.25) is 4.79 Å². The molecule has 1 heterocycles. The summed E-state index contributed by atoms with van der Waals surface area (Å²) in [4.78, 5) is 25.6. The van der Waals surface area contributed by atoms with Gasteiger partial charge in [0.2, 0.25) is 0 Å². The van der Waals surface area contributed by atoms with Crippen LogP contribution in [0.15, 0.2) is 18.2 Å². The number of esters is 1. The molecule has 1 aromatic rings. The van der Waals surface area contributed by atoms with Crippen LogP contribution in [0.3, 0.4) is 0 Å². The van der Waals surface area contributed by atoms with E-state index in [1.54, 1.807) is 17.9 Å². The van der Waals surface area contributed by atoms with E-state index >= 15 is 0 Å². The van der Waals surface area contributed by atoms with Crippen molar-refractivity contribution in [3.05, 3.63) is 29.3 Å². The molecule has 120 valence electrons. The highest BCUT2D eigenvalue weighted by Gasteiger charge is 2.26. The van der Waals surface area contributed by atoms with Gasteiger partial charge in [0.25, 0.3) is 5.91 Å². The Bertz CT molecular complexity index is 562. The van der Waals surface area contributed by atoms with Crippen LogP contribution in [0.5, 0.6) is 5.75 Å². The summed E-state index contributed by atoms with van der Waals surface area (Å²) in [6.07, 6.45) is -0.0749. The first kappa shape index (κ1) is 16.3. The van der Waals surface area contributed by atoms with Crippen LogP contribution in [-0.2, 0) is 14.3 Å². The van der Waals surface area contributed by atoms with Gasteiger partial charge in [0.1, 0.15) is 11.3 Å². The number of rotatable bonds is 3. The van der Waals surface area contributed by atoms with Crippen LogP contribution in [0.25, 0.3) is 0 Å². The van der Waals surface area contributed by atoms with Crippen molar-refractivity contribution in [1.29, 1.82) is 0 Å². The number of ether oxygens (including phenoxy) is 2. The summed E-state index contributed by atoms with van der Waals surface area (Å²) < 4.78 is 10.6. The first-order valence-electron chi connectivity index (χ1n) is 7.26. The number of carbonyl (C=O) groups is 2. The highest BCUT2D eigenvalue weighted by Crippen LogP contribution is 2.19. The van der Waals surface area contributed by atoms with Gasteiger partial charge in [-0.05, 0) is 38.5 Å². The molecule has 1 aliphatic rings. The fourth-order valence-corrected chi connectivity index (χ4v) is 2.49. The molecule has 0 radical (unpaired) electrons. The smallest absolute Gasteiger partial charge is 0.342 e. The number of morpholine rings is 1. The number of amides is 1. The average Bonchev–Trinajstić information content (AvgIpc) is 2.43. The standard InChI is InChI=1S/C16H21NO5/c1-10-4-5-13(14(18)6-10)16(20)21-9-15(19)17-7-11(2)22-12(3)8-17/h4-6,11-12,18H,7-9H2,1-3H3. The molecule has 0 aliphatic carbocycles. The van der Waals surface area contributed by atoms with Crippen LogP contribution in [-0.4, -0.2) is 53.8 Å². The Kier molecular flexibility index (Phi) is 5.03. The minimum Gasteiger partial charge on any atom is -0.507 e. The number of aromatic hydroxyl groups is 1. The molecule has 2 rings (SSSR count). The van der Waals surface area contributed by atoms with Crippen molar-refractivity contribution in [3.8, 4) is 5.75 Å². The van der Waals surface area contributed by atoms with Gasteiger partial charge in [-0.25, -0.2) is 4.79 Å². The maximum absolute atomic E-state index is 12.1. The fraction of sp³-hybridized carbons (Fsp3) is 0.500. The van der Waals surface area contributed by atoms with Crippen LogP contribution in [0.1, 0.15) is 29.8 Å². The largest absolute Gasteiger partial charge is 0.507 e. The zero-order valence-corrected chi connectivity index (χ0v) is 13.0. The molecule has 6 heteroatoms. The van der Waals surface area contributed by atoms with Gasteiger partial charge in [0.05, 0.1) is 12.2 Å². The van der Waals surface area contributed by atoms with E-state index in [4.69, 9.17) is 9.47 Å². The van der Waals surface area contributed by atoms with Crippen LogP contribution < -0.4 is 0 Å².